The number of carbonyl (C=O) groups excluding carboxylic acids is 2. The molecule has 0 aliphatic rings. The van der Waals surface area contributed by atoms with Crippen molar-refractivity contribution in [2.75, 3.05) is 47.5 Å². The van der Waals surface area contributed by atoms with Crippen LogP contribution in [0.1, 0.15) is 174 Å². The van der Waals surface area contributed by atoms with Crippen molar-refractivity contribution in [3.05, 3.63) is 36.5 Å². The first kappa shape index (κ1) is 51.2. The Morgan fingerprint density at radius 1 is 0.585 bits per heavy atom. The molecule has 0 bridgehead atoms. The predicted molar refractivity (Wildman–Crippen MR) is 220 cm³/mol. The summed E-state index contributed by atoms with van der Waals surface area (Å²) < 4.78 is 34.2. The fraction of sp³-hybridized carbons (Fsp3) is 0.814. The molecule has 0 aliphatic carbocycles. The molecule has 0 aromatic rings. The lowest BCUT2D eigenvalue weighted by molar-refractivity contribution is -0.870. The number of quaternary nitrogens is 1. The van der Waals surface area contributed by atoms with E-state index in [1.54, 1.807) is 0 Å². The molecule has 1 N–H and O–H groups in total. The Morgan fingerprint density at radius 3 is 1.57 bits per heavy atom. The van der Waals surface area contributed by atoms with Gasteiger partial charge in [0.2, 0.25) is 0 Å². The van der Waals surface area contributed by atoms with E-state index in [1.165, 1.54) is 96.3 Å². The van der Waals surface area contributed by atoms with Crippen LogP contribution in [-0.4, -0.2) is 74.9 Å². The van der Waals surface area contributed by atoms with Gasteiger partial charge in [-0.05, 0) is 44.9 Å². The highest BCUT2D eigenvalue weighted by Crippen LogP contribution is 2.43. The van der Waals surface area contributed by atoms with Gasteiger partial charge in [-0.25, -0.2) is 4.57 Å². The van der Waals surface area contributed by atoms with Gasteiger partial charge in [0.15, 0.2) is 6.10 Å². The Morgan fingerprint density at radius 2 is 1.04 bits per heavy atom. The molecule has 10 heteroatoms. The Bertz CT molecular complexity index is 1010. The van der Waals surface area contributed by atoms with Gasteiger partial charge in [0, 0.05) is 12.8 Å². The Labute approximate surface area is 325 Å². The minimum Gasteiger partial charge on any atom is -0.462 e. The van der Waals surface area contributed by atoms with E-state index in [4.69, 9.17) is 18.5 Å². The summed E-state index contributed by atoms with van der Waals surface area (Å²) >= 11 is 0. The van der Waals surface area contributed by atoms with Crippen molar-refractivity contribution in [3.8, 4) is 0 Å². The molecule has 0 saturated heterocycles. The maximum Gasteiger partial charge on any atom is 0.472 e. The average molecular weight is 771 g/mol. The smallest absolute Gasteiger partial charge is 0.462 e. The molecule has 9 nitrogen and oxygen atoms in total. The second kappa shape index (κ2) is 35.9. The van der Waals surface area contributed by atoms with E-state index in [-0.39, 0.29) is 32.0 Å². The Hall–Kier alpha value is -1.77. The lowest BCUT2D eigenvalue weighted by Gasteiger charge is -2.24. The van der Waals surface area contributed by atoms with Crippen LogP contribution in [0.15, 0.2) is 36.5 Å². The van der Waals surface area contributed by atoms with Gasteiger partial charge in [0.1, 0.15) is 19.8 Å². The van der Waals surface area contributed by atoms with E-state index in [0.717, 1.165) is 44.9 Å². The van der Waals surface area contributed by atoms with Crippen LogP contribution in [0.4, 0.5) is 0 Å². The summed E-state index contributed by atoms with van der Waals surface area (Å²) in [5.41, 5.74) is 0. The van der Waals surface area contributed by atoms with Crippen molar-refractivity contribution in [1.82, 2.24) is 0 Å². The minimum atomic E-state index is -4.38. The molecule has 0 aromatic carbocycles. The quantitative estimate of drug-likeness (QED) is 0.0217. The van der Waals surface area contributed by atoms with Gasteiger partial charge >= 0.3 is 19.8 Å². The summed E-state index contributed by atoms with van der Waals surface area (Å²) in [6.07, 6.45) is 39.1. The Kier molecular flexibility index (Phi) is 34.7. The van der Waals surface area contributed by atoms with Crippen LogP contribution in [0.2, 0.25) is 0 Å². The van der Waals surface area contributed by atoms with E-state index in [0.29, 0.717) is 17.4 Å². The maximum absolute atomic E-state index is 12.6. The average Bonchev–Trinajstić information content (AvgIpc) is 3.10. The molecule has 0 radical (unpaired) electrons. The third-order valence-electron chi connectivity index (χ3n) is 8.92. The second-order valence-corrected chi connectivity index (χ2v) is 16.8. The first-order valence-electron chi connectivity index (χ1n) is 21.2. The number of unbranched alkanes of at least 4 members (excludes halogenated alkanes) is 18. The molecule has 310 valence electrons. The van der Waals surface area contributed by atoms with Gasteiger partial charge in [-0.2, -0.15) is 0 Å². The molecular weight excluding hydrogens is 689 g/mol. The van der Waals surface area contributed by atoms with Crippen molar-refractivity contribution in [2.24, 2.45) is 0 Å². The predicted octanol–water partition coefficient (Wildman–Crippen LogP) is 11.7. The summed E-state index contributed by atoms with van der Waals surface area (Å²) in [7, 11) is 1.45. The number of carbonyl (C=O) groups is 2. The van der Waals surface area contributed by atoms with Crippen LogP contribution in [0.25, 0.3) is 0 Å². The van der Waals surface area contributed by atoms with Gasteiger partial charge in [-0.3, -0.25) is 18.6 Å². The molecule has 2 atom stereocenters. The normalized spacial score (nSPS) is 14.0. The van der Waals surface area contributed by atoms with E-state index in [2.05, 4.69) is 50.3 Å². The van der Waals surface area contributed by atoms with Crippen LogP contribution >= 0.6 is 7.82 Å². The molecule has 0 fully saturated rings. The van der Waals surface area contributed by atoms with Crippen molar-refractivity contribution in [3.63, 3.8) is 0 Å². The number of allylic oxidation sites excluding steroid dienone is 6. The van der Waals surface area contributed by atoms with Gasteiger partial charge < -0.3 is 18.9 Å². The first-order valence-corrected chi connectivity index (χ1v) is 22.7. The van der Waals surface area contributed by atoms with Gasteiger partial charge in [0.25, 0.3) is 0 Å². The number of ether oxygens (including phenoxy) is 2. The number of phosphoric acid groups is 1. The van der Waals surface area contributed by atoms with Crippen molar-refractivity contribution in [1.29, 1.82) is 0 Å². The van der Waals surface area contributed by atoms with Crippen LogP contribution in [0.3, 0.4) is 0 Å². The van der Waals surface area contributed by atoms with Gasteiger partial charge in [-0.15, -0.1) is 0 Å². The fourth-order valence-electron chi connectivity index (χ4n) is 5.56. The van der Waals surface area contributed by atoms with Crippen LogP contribution in [0.5, 0.6) is 0 Å². The summed E-state index contributed by atoms with van der Waals surface area (Å²) in [5.74, 6) is -0.858. The van der Waals surface area contributed by atoms with E-state index in [9.17, 15) is 19.0 Å². The largest absolute Gasteiger partial charge is 0.472 e. The monoisotopic (exact) mass is 771 g/mol. The molecule has 1 unspecified atom stereocenters. The maximum atomic E-state index is 12.6. The zero-order valence-electron chi connectivity index (χ0n) is 34.7. The number of hydrogen-bond donors (Lipinski definition) is 1. The third-order valence-corrected chi connectivity index (χ3v) is 9.91. The highest BCUT2D eigenvalue weighted by atomic mass is 31.2. The topological polar surface area (TPSA) is 108 Å². The van der Waals surface area contributed by atoms with Gasteiger partial charge in [-0.1, -0.05) is 153 Å². The van der Waals surface area contributed by atoms with E-state index >= 15 is 0 Å². The highest BCUT2D eigenvalue weighted by molar-refractivity contribution is 7.47. The lowest BCUT2D eigenvalue weighted by Crippen LogP contribution is -2.37. The summed E-state index contributed by atoms with van der Waals surface area (Å²) in [6.45, 7) is 4.35. The number of nitrogens with zero attached hydrogens (tertiary/aromatic N) is 1. The van der Waals surface area contributed by atoms with Crippen LogP contribution < -0.4 is 0 Å². The molecule has 0 saturated carbocycles. The van der Waals surface area contributed by atoms with Crippen LogP contribution in [0, 0.1) is 0 Å². The van der Waals surface area contributed by atoms with Crippen molar-refractivity contribution in [2.45, 2.75) is 180 Å². The second-order valence-electron chi connectivity index (χ2n) is 15.4. The molecule has 0 heterocycles. The number of hydrogen-bond acceptors (Lipinski definition) is 7. The van der Waals surface area contributed by atoms with Crippen molar-refractivity contribution >= 4 is 19.8 Å². The van der Waals surface area contributed by atoms with Crippen LogP contribution in [-0.2, 0) is 32.7 Å². The molecule has 0 aliphatic heterocycles. The molecular formula is C43H81NO8P+. The van der Waals surface area contributed by atoms with E-state index < -0.39 is 26.5 Å². The zero-order chi connectivity index (χ0) is 39.3. The summed E-state index contributed by atoms with van der Waals surface area (Å²) in [5, 5.41) is 0. The minimum absolute atomic E-state index is 0.0232. The zero-order valence-corrected chi connectivity index (χ0v) is 35.6. The molecule has 0 spiro atoms. The van der Waals surface area contributed by atoms with Gasteiger partial charge in [0.05, 0.1) is 27.7 Å². The lowest BCUT2D eigenvalue weighted by atomic mass is 10.0. The van der Waals surface area contributed by atoms with E-state index in [1.807, 2.05) is 21.1 Å². The summed E-state index contributed by atoms with van der Waals surface area (Å²) in [4.78, 5) is 35.2. The molecule has 0 aromatic heterocycles. The standard InChI is InChI=1S/C43H80NO8P/c1-6-8-10-12-14-16-18-20-21-22-23-24-26-28-30-32-34-36-43(46)52-41(40-51-53(47,48)50-38-37-44(3,4)5)39-49-42(45)35-33-31-29-27-25-19-17-15-13-11-9-7-2/h20-21,23-24,28,30,41H,6-19,22,25-27,29,31-40H2,1-5H3/p+1/b21-20+,24-23+,30-28+/t41-/m1/s1. The van der Waals surface area contributed by atoms with Crippen molar-refractivity contribution < 1.29 is 42.1 Å². The number of rotatable bonds is 38. The molecule has 0 rings (SSSR count). The number of phosphoric ester groups is 1. The SMILES string of the molecule is CCCCCCCC/C=C/C/C=C/C/C=C/CCCC(=O)O[C@H](COC(=O)CCCCCCCCCCCCCC)COP(=O)(O)OCC[N+](C)(C)C. The highest BCUT2D eigenvalue weighted by Gasteiger charge is 2.27. The first-order chi connectivity index (χ1) is 25.5. The molecule has 0 amide bonds. The Balaban J connectivity index is 4.47. The number of esters is 2. The fourth-order valence-corrected chi connectivity index (χ4v) is 6.30. The summed E-state index contributed by atoms with van der Waals surface area (Å²) in [6, 6.07) is 0. The molecule has 53 heavy (non-hydrogen) atoms. The third kappa shape index (κ3) is 39.7. The number of likely N-dealkylation sites (N-methyl/N-ethyl adjacent to an activating group) is 1.